The van der Waals surface area contributed by atoms with Gasteiger partial charge < -0.3 is 4.74 Å². The Hall–Kier alpha value is -2.62. The molecule has 3 rings (SSSR count). The Morgan fingerprint density at radius 2 is 1.83 bits per heavy atom. The van der Waals surface area contributed by atoms with Crippen molar-refractivity contribution in [1.82, 2.24) is 9.29 Å². The van der Waals surface area contributed by atoms with Crippen LogP contribution in [0.5, 0.6) is 0 Å². The zero-order valence-electron chi connectivity index (χ0n) is 16.5. The van der Waals surface area contributed by atoms with Crippen LogP contribution in [0.2, 0.25) is 0 Å². The van der Waals surface area contributed by atoms with Crippen LogP contribution in [-0.4, -0.2) is 36.8 Å². The number of hydrogen-bond donors (Lipinski definition) is 0. The van der Waals surface area contributed by atoms with E-state index in [4.69, 9.17) is 4.74 Å². The molecule has 0 amide bonds. The average molecular weight is 449 g/mol. The number of hydrogen-bond acceptors (Lipinski definition) is 6. The van der Waals surface area contributed by atoms with Crippen molar-refractivity contribution in [2.45, 2.75) is 25.3 Å². The third-order valence-electron chi connectivity index (χ3n) is 4.41. The fraction of sp³-hybridized carbons (Fsp3) is 0.238. The second-order valence-corrected chi connectivity index (χ2v) is 9.14. The molecule has 0 radical (unpaired) electrons. The number of sulfonamides is 1. The van der Waals surface area contributed by atoms with Crippen LogP contribution >= 0.6 is 11.3 Å². The molecule has 6 nitrogen and oxygen atoms in total. The van der Waals surface area contributed by atoms with E-state index in [1.807, 2.05) is 0 Å². The number of carbonyl (C=O) groups is 1. The summed E-state index contributed by atoms with van der Waals surface area (Å²) in [6, 6.07) is 11.8. The van der Waals surface area contributed by atoms with Gasteiger partial charge in [-0.15, -0.1) is 11.3 Å². The number of benzene rings is 2. The summed E-state index contributed by atoms with van der Waals surface area (Å²) < 4.78 is 45.0. The predicted octanol–water partition coefficient (Wildman–Crippen LogP) is 4.34. The van der Waals surface area contributed by atoms with E-state index in [0.717, 1.165) is 5.56 Å². The van der Waals surface area contributed by atoms with Gasteiger partial charge in [-0.1, -0.05) is 19.9 Å². The van der Waals surface area contributed by atoms with Gasteiger partial charge in [-0.05, 0) is 42.5 Å². The summed E-state index contributed by atoms with van der Waals surface area (Å²) in [5.41, 5.74) is 1.48. The first-order chi connectivity index (χ1) is 14.3. The molecule has 1 heterocycles. The molecule has 0 aliphatic heterocycles. The molecule has 30 heavy (non-hydrogen) atoms. The zero-order chi connectivity index (χ0) is 21.7. The van der Waals surface area contributed by atoms with Gasteiger partial charge >= 0.3 is 5.97 Å². The van der Waals surface area contributed by atoms with Gasteiger partial charge in [-0.3, -0.25) is 0 Å². The normalized spacial score (nSPS) is 11.6. The molecule has 2 aromatic carbocycles. The van der Waals surface area contributed by atoms with Gasteiger partial charge in [0.15, 0.2) is 0 Å². The van der Waals surface area contributed by atoms with Gasteiger partial charge in [-0.2, -0.15) is 4.31 Å². The van der Waals surface area contributed by atoms with E-state index in [-0.39, 0.29) is 22.9 Å². The number of rotatable bonds is 8. The molecular formula is C21H21FN2O4S2. The summed E-state index contributed by atoms with van der Waals surface area (Å²) in [7, 11) is -3.67. The Labute approximate surface area is 179 Å². The number of aromatic nitrogens is 1. The number of esters is 1. The molecule has 3 aromatic rings. The summed E-state index contributed by atoms with van der Waals surface area (Å²) in [6.07, 6.45) is 0. The SMILES string of the molecule is CCN(CC)S(=O)(=O)c1cccc(C(=O)OCc2csc(-c3ccc(F)cc3)n2)c1. The van der Waals surface area contributed by atoms with Crippen molar-refractivity contribution >= 4 is 27.3 Å². The molecule has 0 N–H and O–H groups in total. The molecule has 0 atom stereocenters. The molecule has 0 aliphatic rings. The Morgan fingerprint density at radius 1 is 1.13 bits per heavy atom. The topological polar surface area (TPSA) is 76.6 Å². The molecule has 0 spiro atoms. The van der Waals surface area contributed by atoms with Crippen LogP contribution in [0.15, 0.2) is 58.8 Å². The van der Waals surface area contributed by atoms with Gasteiger partial charge in [-0.25, -0.2) is 22.6 Å². The van der Waals surface area contributed by atoms with Gasteiger partial charge in [0.2, 0.25) is 10.0 Å². The van der Waals surface area contributed by atoms with Crippen LogP contribution in [0.1, 0.15) is 29.9 Å². The van der Waals surface area contributed by atoms with Crippen LogP contribution in [0.25, 0.3) is 10.6 Å². The molecule has 0 saturated carbocycles. The quantitative estimate of drug-likeness (QED) is 0.479. The minimum absolute atomic E-state index is 0.0490. The zero-order valence-corrected chi connectivity index (χ0v) is 18.2. The first kappa shape index (κ1) is 22.1. The smallest absolute Gasteiger partial charge is 0.338 e. The third kappa shape index (κ3) is 4.92. The predicted molar refractivity (Wildman–Crippen MR) is 113 cm³/mol. The lowest BCUT2D eigenvalue weighted by atomic mass is 10.2. The van der Waals surface area contributed by atoms with Crippen molar-refractivity contribution in [2.75, 3.05) is 13.1 Å². The maximum absolute atomic E-state index is 13.1. The number of halogens is 1. The first-order valence-corrected chi connectivity index (χ1v) is 11.6. The van der Waals surface area contributed by atoms with Crippen LogP contribution < -0.4 is 0 Å². The number of thiazole rings is 1. The van der Waals surface area contributed by atoms with Gasteiger partial charge in [0.05, 0.1) is 16.2 Å². The van der Waals surface area contributed by atoms with E-state index in [9.17, 15) is 17.6 Å². The number of nitrogens with zero attached hydrogens (tertiary/aromatic N) is 2. The lowest BCUT2D eigenvalue weighted by molar-refractivity contribution is 0.0468. The summed E-state index contributed by atoms with van der Waals surface area (Å²) in [4.78, 5) is 16.9. The van der Waals surface area contributed by atoms with E-state index in [0.29, 0.717) is 23.8 Å². The minimum Gasteiger partial charge on any atom is -0.456 e. The van der Waals surface area contributed by atoms with Crippen LogP contribution in [0.3, 0.4) is 0 Å². The van der Waals surface area contributed by atoms with Crippen LogP contribution in [0.4, 0.5) is 4.39 Å². The van der Waals surface area contributed by atoms with Gasteiger partial charge in [0, 0.05) is 24.0 Å². The van der Waals surface area contributed by atoms with Gasteiger partial charge in [0.1, 0.15) is 17.4 Å². The third-order valence-corrected chi connectivity index (χ3v) is 7.39. The monoisotopic (exact) mass is 448 g/mol. The van der Waals surface area contributed by atoms with Crippen LogP contribution in [0, 0.1) is 5.82 Å². The average Bonchev–Trinajstić information content (AvgIpc) is 3.22. The first-order valence-electron chi connectivity index (χ1n) is 9.32. The number of carbonyl (C=O) groups excluding carboxylic acids is 1. The molecule has 9 heteroatoms. The Kier molecular flexibility index (Phi) is 6.96. The maximum Gasteiger partial charge on any atom is 0.338 e. The van der Waals surface area contributed by atoms with Crippen molar-refractivity contribution < 1.29 is 22.3 Å². The molecule has 0 bridgehead atoms. The summed E-state index contributed by atoms with van der Waals surface area (Å²) in [6.45, 7) is 4.14. The van der Waals surface area contributed by atoms with E-state index < -0.39 is 16.0 Å². The molecule has 158 valence electrons. The highest BCUT2D eigenvalue weighted by atomic mass is 32.2. The van der Waals surface area contributed by atoms with E-state index in [2.05, 4.69) is 4.98 Å². The minimum atomic E-state index is -3.67. The second kappa shape index (κ2) is 9.46. The van der Waals surface area contributed by atoms with Crippen molar-refractivity contribution in [1.29, 1.82) is 0 Å². The Balaban J connectivity index is 1.69. The van der Waals surface area contributed by atoms with E-state index in [1.165, 1.54) is 52.0 Å². The van der Waals surface area contributed by atoms with Crippen LogP contribution in [-0.2, 0) is 21.4 Å². The second-order valence-electron chi connectivity index (χ2n) is 6.34. The molecule has 1 aromatic heterocycles. The lowest BCUT2D eigenvalue weighted by Gasteiger charge is -2.18. The lowest BCUT2D eigenvalue weighted by Crippen LogP contribution is -2.30. The molecule has 0 fully saturated rings. The molecule has 0 unspecified atom stereocenters. The maximum atomic E-state index is 13.1. The van der Waals surface area contributed by atoms with E-state index in [1.54, 1.807) is 31.4 Å². The summed E-state index contributed by atoms with van der Waals surface area (Å²) in [5.74, 6) is -0.961. The Bertz CT molecular complexity index is 1120. The standard InChI is InChI=1S/C21H21FN2O4S2/c1-3-24(4-2)30(26,27)19-7-5-6-16(12-19)21(25)28-13-18-14-29-20(23-18)15-8-10-17(22)11-9-15/h5-12,14H,3-4,13H2,1-2H3. The highest BCUT2D eigenvalue weighted by Crippen LogP contribution is 2.24. The highest BCUT2D eigenvalue weighted by molar-refractivity contribution is 7.89. The summed E-state index contributed by atoms with van der Waals surface area (Å²) in [5, 5.41) is 2.45. The highest BCUT2D eigenvalue weighted by Gasteiger charge is 2.23. The molecule has 0 saturated heterocycles. The van der Waals surface area contributed by atoms with E-state index >= 15 is 0 Å². The molecule has 0 aliphatic carbocycles. The van der Waals surface area contributed by atoms with Crippen molar-refractivity contribution in [3.8, 4) is 10.6 Å². The molecular weight excluding hydrogens is 427 g/mol. The fourth-order valence-corrected chi connectivity index (χ4v) is 5.13. The van der Waals surface area contributed by atoms with Gasteiger partial charge in [0.25, 0.3) is 0 Å². The van der Waals surface area contributed by atoms with Crippen molar-refractivity contribution in [2.24, 2.45) is 0 Å². The Morgan fingerprint density at radius 3 is 2.50 bits per heavy atom. The van der Waals surface area contributed by atoms with Crippen molar-refractivity contribution in [3.05, 3.63) is 71.0 Å². The number of ether oxygens (including phenoxy) is 1. The summed E-state index contributed by atoms with van der Waals surface area (Å²) >= 11 is 1.36. The fourth-order valence-electron chi connectivity index (χ4n) is 2.82. The largest absolute Gasteiger partial charge is 0.456 e. The van der Waals surface area contributed by atoms with Crippen molar-refractivity contribution in [3.63, 3.8) is 0 Å².